The van der Waals surface area contributed by atoms with Crippen LogP contribution >= 0.6 is 11.6 Å². The molecular formula is C25H23ClF2N4. The number of fused-ring (bicyclic) bond motifs is 1. The van der Waals surface area contributed by atoms with Crippen LogP contribution in [0.25, 0.3) is 22.4 Å². The fourth-order valence-electron chi connectivity index (χ4n) is 4.39. The van der Waals surface area contributed by atoms with Crippen LogP contribution in [0.2, 0.25) is 5.02 Å². The average molecular weight is 453 g/mol. The molecule has 0 radical (unpaired) electrons. The van der Waals surface area contributed by atoms with Gasteiger partial charge in [-0.3, -0.25) is 0 Å². The maximum atomic E-state index is 13.5. The minimum Gasteiger partial charge on any atom is -0.352 e. The molecule has 0 amide bonds. The van der Waals surface area contributed by atoms with Gasteiger partial charge in [0.1, 0.15) is 0 Å². The minimum atomic E-state index is -0.857. The first-order chi connectivity index (χ1) is 15.6. The number of aromatic amines is 1. The lowest BCUT2D eigenvalue weighted by atomic mass is 9.94. The van der Waals surface area contributed by atoms with Crippen LogP contribution in [0.15, 0.2) is 54.7 Å². The van der Waals surface area contributed by atoms with Gasteiger partial charge < -0.3 is 15.6 Å². The summed E-state index contributed by atoms with van der Waals surface area (Å²) >= 11 is 6.54. The van der Waals surface area contributed by atoms with Gasteiger partial charge in [-0.25, -0.2) is 13.8 Å². The smallest absolute Gasteiger partial charge is 0.200 e. The maximum Gasteiger partial charge on any atom is 0.200 e. The largest absolute Gasteiger partial charge is 0.352 e. The molecule has 1 fully saturated rings. The first-order valence-corrected chi connectivity index (χ1v) is 11.1. The highest BCUT2D eigenvalue weighted by Crippen LogP contribution is 2.41. The van der Waals surface area contributed by atoms with Gasteiger partial charge in [0.2, 0.25) is 5.95 Å². The van der Waals surface area contributed by atoms with E-state index in [1.165, 1.54) is 11.6 Å². The number of halogens is 3. The number of H-pyrrole nitrogens is 1. The number of aromatic nitrogens is 2. The van der Waals surface area contributed by atoms with Crippen LogP contribution in [0.5, 0.6) is 0 Å². The number of nitrogens with zero attached hydrogens (tertiary/aromatic N) is 1. The van der Waals surface area contributed by atoms with Gasteiger partial charge in [0.05, 0.1) is 5.69 Å². The Hall–Kier alpha value is -2.96. The van der Waals surface area contributed by atoms with Crippen LogP contribution in [0.3, 0.4) is 0 Å². The zero-order chi connectivity index (χ0) is 22.1. The highest BCUT2D eigenvalue weighted by molar-refractivity contribution is 6.33. The lowest BCUT2D eigenvalue weighted by Gasteiger charge is -2.14. The van der Waals surface area contributed by atoms with E-state index >= 15 is 0 Å². The number of nitrogens with one attached hydrogen (secondary N) is 3. The molecule has 3 N–H and O–H groups in total. The molecule has 3 aliphatic rings. The van der Waals surface area contributed by atoms with Crippen LogP contribution in [0.4, 0.5) is 14.7 Å². The van der Waals surface area contributed by atoms with E-state index < -0.39 is 11.6 Å². The third-order valence-electron chi connectivity index (χ3n) is 6.05. The van der Waals surface area contributed by atoms with E-state index in [0.29, 0.717) is 24.0 Å². The summed E-state index contributed by atoms with van der Waals surface area (Å²) in [5.41, 5.74) is 6.02. The van der Waals surface area contributed by atoms with Crippen molar-refractivity contribution in [1.29, 1.82) is 0 Å². The quantitative estimate of drug-likeness (QED) is 0.342. The second-order valence-corrected chi connectivity index (χ2v) is 8.65. The molecule has 1 atom stereocenters. The average Bonchev–Trinajstić information content (AvgIpc) is 3.43. The van der Waals surface area contributed by atoms with E-state index in [9.17, 15) is 8.78 Å². The van der Waals surface area contributed by atoms with E-state index in [2.05, 4.69) is 26.7 Å². The van der Waals surface area contributed by atoms with Crippen molar-refractivity contribution < 1.29 is 8.78 Å². The highest BCUT2D eigenvalue weighted by Gasteiger charge is 2.24. The second-order valence-electron chi connectivity index (χ2n) is 8.24. The van der Waals surface area contributed by atoms with Crippen LogP contribution in [0.1, 0.15) is 17.5 Å². The van der Waals surface area contributed by atoms with Crippen molar-refractivity contribution in [3.63, 3.8) is 0 Å². The molecule has 0 unspecified atom stereocenters. The lowest BCUT2D eigenvalue weighted by molar-refractivity contribution is 0.507. The predicted molar refractivity (Wildman–Crippen MR) is 124 cm³/mol. The van der Waals surface area contributed by atoms with E-state index in [1.807, 2.05) is 30.5 Å². The fourth-order valence-corrected chi connectivity index (χ4v) is 4.63. The summed E-state index contributed by atoms with van der Waals surface area (Å²) in [5, 5.41) is 7.35. The molecule has 164 valence electrons. The number of hydrogen-bond acceptors (Lipinski definition) is 3. The molecule has 0 aromatic heterocycles. The van der Waals surface area contributed by atoms with Crippen LogP contribution in [-0.2, 0) is 13.0 Å². The second kappa shape index (κ2) is 8.88. The van der Waals surface area contributed by atoms with Gasteiger partial charge in [-0.15, -0.1) is 0 Å². The van der Waals surface area contributed by atoms with Crippen molar-refractivity contribution >= 4 is 17.5 Å². The molecule has 7 heteroatoms. The van der Waals surface area contributed by atoms with Gasteiger partial charge in [-0.05, 0) is 72.8 Å². The summed E-state index contributed by atoms with van der Waals surface area (Å²) in [6.45, 7) is 2.37. The Morgan fingerprint density at radius 2 is 1.94 bits per heavy atom. The molecule has 2 aliphatic heterocycles. The van der Waals surface area contributed by atoms with Crippen molar-refractivity contribution in [2.45, 2.75) is 19.4 Å². The Balaban J connectivity index is 1.50. The molecule has 0 spiro atoms. The summed E-state index contributed by atoms with van der Waals surface area (Å²) in [5.74, 6) is -0.578. The lowest BCUT2D eigenvalue weighted by Crippen LogP contribution is -2.11. The molecule has 2 heterocycles. The van der Waals surface area contributed by atoms with Gasteiger partial charge in [-0.1, -0.05) is 35.9 Å². The number of rotatable bonds is 6. The zero-order valence-electron chi connectivity index (χ0n) is 17.4. The van der Waals surface area contributed by atoms with Gasteiger partial charge in [0.25, 0.3) is 0 Å². The Labute approximate surface area is 190 Å². The Bertz CT molecular complexity index is 1220. The normalized spacial score (nSPS) is 16.0. The van der Waals surface area contributed by atoms with Crippen molar-refractivity contribution in [3.05, 3.63) is 82.5 Å². The van der Waals surface area contributed by atoms with Crippen molar-refractivity contribution in [2.24, 2.45) is 5.92 Å². The molecule has 0 saturated carbocycles. The molecule has 1 saturated heterocycles. The molecule has 4 nitrogen and oxygen atoms in total. The molecule has 2 aromatic carbocycles. The van der Waals surface area contributed by atoms with E-state index in [4.69, 9.17) is 11.6 Å². The summed E-state index contributed by atoms with van der Waals surface area (Å²) in [6.07, 6.45) is 3.90. The summed E-state index contributed by atoms with van der Waals surface area (Å²) in [6, 6.07) is 13.9. The van der Waals surface area contributed by atoms with Gasteiger partial charge >= 0.3 is 0 Å². The van der Waals surface area contributed by atoms with Gasteiger partial charge in [0.15, 0.2) is 11.6 Å². The van der Waals surface area contributed by atoms with E-state index in [0.717, 1.165) is 59.4 Å². The molecule has 5 rings (SSSR count). The van der Waals surface area contributed by atoms with Gasteiger partial charge in [-0.2, -0.15) is 0 Å². The summed E-state index contributed by atoms with van der Waals surface area (Å²) < 4.78 is 26.7. The zero-order valence-corrected chi connectivity index (χ0v) is 18.1. The third kappa shape index (κ3) is 4.20. The first kappa shape index (κ1) is 20.9. The molecule has 2 aromatic rings. The molecule has 0 bridgehead atoms. The Morgan fingerprint density at radius 1 is 1.06 bits per heavy atom. The van der Waals surface area contributed by atoms with Crippen molar-refractivity contribution in [3.8, 4) is 22.4 Å². The van der Waals surface area contributed by atoms with E-state index in [-0.39, 0.29) is 0 Å². The van der Waals surface area contributed by atoms with Gasteiger partial charge in [0, 0.05) is 28.9 Å². The molecular weight excluding hydrogens is 430 g/mol. The first-order valence-electron chi connectivity index (χ1n) is 10.7. The summed E-state index contributed by atoms with van der Waals surface area (Å²) in [4.78, 5) is 7.91. The van der Waals surface area contributed by atoms with Crippen molar-refractivity contribution in [1.82, 2.24) is 15.3 Å². The fraction of sp³-hybridized carbons (Fsp3) is 0.240. The number of benzene rings is 2. The molecule has 1 aliphatic carbocycles. The van der Waals surface area contributed by atoms with E-state index in [1.54, 1.807) is 6.07 Å². The monoisotopic (exact) mass is 452 g/mol. The predicted octanol–water partition coefficient (Wildman–Crippen LogP) is 5.88. The van der Waals surface area contributed by atoms with Crippen molar-refractivity contribution in [2.75, 3.05) is 18.4 Å². The SMILES string of the molecule is Fc1ccc(CNc2ncc3cc(-c4ccccc4Cl)c(C[C@H]4CCNC4)c-3[nH]2)cc1F. The topological polar surface area (TPSA) is 52.7 Å². The Kier molecular flexibility index (Phi) is 5.81. The number of hydrogen-bond donors (Lipinski definition) is 3. The molecule has 32 heavy (non-hydrogen) atoms. The van der Waals surface area contributed by atoms with Crippen LogP contribution < -0.4 is 10.6 Å². The maximum absolute atomic E-state index is 13.5. The summed E-state index contributed by atoms with van der Waals surface area (Å²) in [7, 11) is 0. The van der Waals surface area contributed by atoms with Crippen LogP contribution in [-0.4, -0.2) is 23.1 Å². The number of anilines is 1. The van der Waals surface area contributed by atoms with Crippen LogP contribution in [0, 0.1) is 17.6 Å². The Morgan fingerprint density at radius 3 is 2.72 bits per heavy atom. The highest BCUT2D eigenvalue weighted by atomic mass is 35.5. The standard InChI is InChI=1S/C25H23ClF2N4/c26-21-4-2-1-3-18(21)19-11-17-14-31-25(30-13-15-5-6-22(27)23(28)10-15)32-24(17)20(19)9-16-7-8-29-12-16/h1-6,10-11,14,16,29H,7-9,12-13H2,(H2,30,31,32)/t16-/m1/s1. The minimum absolute atomic E-state index is 0.326. The third-order valence-corrected chi connectivity index (χ3v) is 6.38.